The van der Waals surface area contributed by atoms with Crippen molar-refractivity contribution in [2.45, 2.75) is 0 Å². The Balaban J connectivity index is 1.66. The van der Waals surface area contributed by atoms with Crippen LogP contribution in [0.2, 0.25) is 0 Å². The average molecular weight is 446 g/mol. The van der Waals surface area contributed by atoms with Crippen molar-refractivity contribution in [2.24, 2.45) is 7.05 Å². The van der Waals surface area contributed by atoms with Gasteiger partial charge >= 0.3 is 11.8 Å². The molecule has 1 aliphatic heterocycles. The molecule has 0 fully saturated rings. The minimum Gasteiger partial charge on any atom is -0.343 e. The van der Waals surface area contributed by atoms with Crippen LogP contribution < -0.4 is 9.93 Å². The minimum absolute atomic E-state index is 0.274. The lowest BCUT2D eigenvalue weighted by Crippen LogP contribution is -2.34. The van der Waals surface area contributed by atoms with E-state index in [1.54, 1.807) is 35.6 Å². The zero-order valence-electron chi connectivity index (χ0n) is 17.7. The van der Waals surface area contributed by atoms with E-state index >= 15 is 0 Å². The van der Waals surface area contributed by atoms with Gasteiger partial charge in [0.2, 0.25) is 5.36 Å². The van der Waals surface area contributed by atoms with Gasteiger partial charge in [0.25, 0.3) is 0 Å². The Kier molecular flexibility index (Phi) is 3.62. The molecule has 33 heavy (non-hydrogen) atoms. The summed E-state index contributed by atoms with van der Waals surface area (Å²) < 4.78 is 5.95. The first-order valence-corrected chi connectivity index (χ1v) is 11.6. The van der Waals surface area contributed by atoms with Gasteiger partial charge in [0.05, 0.1) is 11.0 Å². The van der Waals surface area contributed by atoms with Crippen molar-refractivity contribution in [1.82, 2.24) is 9.14 Å². The Morgan fingerprint density at radius 1 is 0.697 bits per heavy atom. The molecule has 156 valence electrons. The lowest BCUT2D eigenvalue weighted by molar-refractivity contribution is 0.0837. The van der Waals surface area contributed by atoms with Crippen LogP contribution in [-0.4, -0.2) is 16.4 Å². The van der Waals surface area contributed by atoms with E-state index in [2.05, 4.69) is 54.1 Å². The van der Waals surface area contributed by atoms with Crippen molar-refractivity contribution in [1.29, 1.82) is 0 Å². The summed E-state index contributed by atoms with van der Waals surface area (Å²) in [7, 11) is 2.06. The second kappa shape index (κ2) is 6.47. The van der Waals surface area contributed by atoms with Crippen LogP contribution in [0.4, 0.5) is 0 Å². The van der Waals surface area contributed by atoms with E-state index in [1.807, 2.05) is 18.2 Å². The van der Waals surface area contributed by atoms with Gasteiger partial charge < -0.3 is 4.57 Å². The van der Waals surface area contributed by atoms with E-state index < -0.39 is 0 Å². The van der Waals surface area contributed by atoms with Crippen LogP contribution in [0.3, 0.4) is 0 Å². The van der Waals surface area contributed by atoms with Crippen molar-refractivity contribution < 1.29 is 9.59 Å². The van der Waals surface area contributed by atoms with Gasteiger partial charge in [0.1, 0.15) is 11.1 Å². The first kappa shape index (κ1) is 18.5. The predicted molar refractivity (Wildman–Crippen MR) is 134 cm³/mol. The molecule has 0 aliphatic carbocycles. The highest BCUT2D eigenvalue weighted by Gasteiger charge is 2.42. The maximum atomic E-state index is 13.1. The molecule has 0 N–H and O–H groups in total. The summed E-state index contributed by atoms with van der Waals surface area (Å²) in [5.74, 6) is -0.549. The van der Waals surface area contributed by atoms with E-state index in [0.717, 1.165) is 16.4 Å². The number of rotatable bonds is 0. The molecule has 4 nitrogen and oxygen atoms in total. The van der Waals surface area contributed by atoms with Crippen LogP contribution in [-0.2, 0) is 7.05 Å². The number of fused-ring (bicyclic) bond motifs is 5. The van der Waals surface area contributed by atoms with Gasteiger partial charge in [0.15, 0.2) is 0 Å². The Morgan fingerprint density at radius 3 is 2.15 bits per heavy atom. The molecule has 6 aromatic rings. The molecule has 5 heteroatoms. The van der Waals surface area contributed by atoms with E-state index in [4.69, 9.17) is 0 Å². The molecule has 0 bridgehead atoms. The predicted octanol–water partition coefficient (Wildman–Crippen LogP) is 5.47. The minimum atomic E-state index is -0.274. The molecule has 0 atom stereocenters. The van der Waals surface area contributed by atoms with Gasteiger partial charge in [-0.05, 0) is 35.7 Å². The number of hydrogen-bond donors (Lipinski definition) is 0. The molecule has 7 rings (SSSR count). The first-order chi connectivity index (χ1) is 16.1. The third kappa shape index (κ3) is 2.37. The molecule has 4 aromatic carbocycles. The first-order valence-electron chi connectivity index (χ1n) is 10.8. The monoisotopic (exact) mass is 445 g/mol. The fourth-order valence-corrected chi connectivity index (χ4v) is 6.26. The van der Waals surface area contributed by atoms with Crippen molar-refractivity contribution >= 4 is 65.1 Å². The number of nitrogens with zero attached hydrogens (tertiary/aromatic N) is 2. The third-order valence-corrected chi connectivity index (χ3v) is 7.78. The fourth-order valence-electron chi connectivity index (χ4n) is 5.15. The molecule has 2 aromatic heterocycles. The maximum Gasteiger partial charge on any atom is 0.429 e. The molecule has 0 saturated carbocycles. The summed E-state index contributed by atoms with van der Waals surface area (Å²) in [4.78, 5) is 26.2. The lowest BCUT2D eigenvalue weighted by Gasteiger charge is -2.16. The van der Waals surface area contributed by atoms with Gasteiger partial charge in [-0.15, -0.1) is 11.3 Å². The fraction of sp³-hybridized carbons (Fsp3) is 0.0357. The number of aromatic nitrogens is 1. The highest BCUT2D eigenvalue weighted by Crippen LogP contribution is 2.39. The SMILES string of the molecule is Cn1c2cc(=[N+]3C(=O)c4ccccc4C3=O)ccc2c2cccc3sc4ccccc4c1c32. The van der Waals surface area contributed by atoms with Gasteiger partial charge in [-0.1, -0.05) is 47.0 Å². The molecule has 2 amide bonds. The highest BCUT2D eigenvalue weighted by molar-refractivity contribution is 7.25. The average Bonchev–Trinajstić information content (AvgIpc) is 3.11. The number of benzene rings is 4. The normalized spacial score (nSPS) is 13.7. The molecule has 0 radical (unpaired) electrons. The second-order valence-electron chi connectivity index (χ2n) is 8.38. The second-order valence-corrected chi connectivity index (χ2v) is 9.46. The van der Waals surface area contributed by atoms with Gasteiger partial charge in [0, 0.05) is 44.7 Å². The maximum absolute atomic E-state index is 13.1. The molecule has 0 saturated heterocycles. The topological polar surface area (TPSA) is 42.1 Å². The Labute approximate surface area is 192 Å². The molecule has 0 unspecified atom stereocenters. The molecule has 1 aliphatic rings. The number of amides is 2. The zero-order chi connectivity index (χ0) is 22.3. The standard InChI is InChI=1S/C28H17N2O2S/c1-29-22-15-16(30-27(31)19-7-2-3-8-20(19)28(30)32)13-14-17(22)18-10-6-12-24-25(18)26(29)21-9-4-5-11-23(21)33-24/h2-15H,1H3/q+1. The van der Waals surface area contributed by atoms with Crippen LogP contribution >= 0.6 is 11.3 Å². The number of carbonyl (C=O) groups is 2. The molecular weight excluding hydrogens is 428 g/mol. The summed E-state index contributed by atoms with van der Waals surface area (Å²) in [5, 5.41) is 5.29. The third-order valence-electron chi connectivity index (χ3n) is 6.65. The summed E-state index contributed by atoms with van der Waals surface area (Å²) in [6, 6.07) is 27.7. The Morgan fingerprint density at radius 2 is 1.36 bits per heavy atom. The van der Waals surface area contributed by atoms with E-state index in [9.17, 15) is 9.59 Å². The van der Waals surface area contributed by atoms with Crippen LogP contribution in [0.25, 0.3) is 42.0 Å². The number of imide groups is 1. The smallest absolute Gasteiger partial charge is 0.343 e. The summed E-state index contributed by atoms with van der Waals surface area (Å²) in [6.45, 7) is 0. The molecular formula is C28H17N2O2S+. The van der Waals surface area contributed by atoms with Gasteiger partial charge in [-0.25, -0.2) is 9.59 Å². The van der Waals surface area contributed by atoms with Crippen molar-refractivity contribution in [3.05, 3.63) is 101 Å². The number of pyridine rings is 1. The number of carbonyl (C=O) groups excluding carboxylic acids is 2. The van der Waals surface area contributed by atoms with Crippen LogP contribution in [0.1, 0.15) is 20.7 Å². The van der Waals surface area contributed by atoms with Crippen LogP contribution in [0.15, 0.2) is 84.9 Å². The quantitative estimate of drug-likeness (QED) is 0.135. The number of aryl methyl sites for hydroxylation is 1. The summed E-state index contributed by atoms with van der Waals surface area (Å²) >= 11 is 1.80. The van der Waals surface area contributed by atoms with E-state index in [1.165, 1.54) is 30.1 Å². The summed E-state index contributed by atoms with van der Waals surface area (Å²) in [6.07, 6.45) is 0. The van der Waals surface area contributed by atoms with Crippen molar-refractivity contribution in [2.75, 3.05) is 0 Å². The van der Waals surface area contributed by atoms with Crippen molar-refractivity contribution in [3.63, 3.8) is 0 Å². The molecule has 3 heterocycles. The van der Waals surface area contributed by atoms with E-state index in [-0.39, 0.29) is 11.8 Å². The largest absolute Gasteiger partial charge is 0.429 e. The van der Waals surface area contributed by atoms with Gasteiger partial charge in [-0.3, -0.25) is 0 Å². The Hall–Kier alpha value is -4.09. The van der Waals surface area contributed by atoms with Crippen LogP contribution in [0.5, 0.6) is 0 Å². The van der Waals surface area contributed by atoms with E-state index in [0.29, 0.717) is 16.5 Å². The Bertz CT molecular complexity index is 1890. The molecule has 0 spiro atoms. The highest BCUT2D eigenvalue weighted by atomic mass is 32.1. The van der Waals surface area contributed by atoms with Crippen LogP contribution in [0, 0.1) is 0 Å². The summed E-state index contributed by atoms with van der Waals surface area (Å²) in [5.41, 5.74) is 3.04. The number of hydrogen-bond acceptors (Lipinski definition) is 3. The van der Waals surface area contributed by atoms with Gasteiger partial charge in [-0.2, -0.15) is 0 Å². The lowest BCUT2D eigenvalue weighted by atomic mass is 10.0. The zero-order valence-corrected chi connectivity index (χ0v) is 18.5. The van der Waals surface area contributed by atoms with Crippen molar-refractivity contribution in [3.8, 4) is 0 Å².